The highest BCUT2D eigenvalue weighted by atomic mass is 32.2. The summed E-state index contributed by atoms with van der Waals surface area (Å²) in [5.41, 5.74) is 0.710. The highest BCUT2D eigenvalue weighted by Crippen LogP contribution is 2.41. The van der Waals surface area contributed by atoms with E-state index in [0.717, 1.165) is 0 Å². The topological polar surface area (TPSA) is 74.6 Å². The van der Waals surface area contributed by atoms with Gasteiger partial charge in [0, 0.05) is 4.90 Å². The molecule has 0 fully saturated rings. The number of aliphatic hydroxyl groups is 1. The standard InChI is InChI=1S/C13H13F5O4S/c1-7-2-4-8(5-3-7)23(22)9(6-10(19)20)11(21)12(14,15)13(16,17)18/h2-5,9,11,21H,6H2,1H3,(H,19,20)/t9-,11+,23?/m1/s1. The summed E-state index contributed by atoms with van der Waals surface area (Å²) in [6, 6.07) is 5.27. The van der Waals surface area contributed by atoms with Crippen LogP contribution in [0.15, 0.2) is 29.2 Å². The van der Waals surface area contributed by atoms with E-state index in [2.05, 4.69) is 0 Å². The van der Waals surface area contributed by atoms with Gasteiger partial charge in [0.15, 0.2) is 0 Å². The van der Waals surface area contributed by atoms with Crippen molar-refractivity contribution in [3.8, 4) is 0 Å². The average molecular weight is 360 g/mol. The van der Waals surface area contributed by atoms with E-state index in [1.54, 1.807) is 6.92 Å². The molecule has 1 rings (SSSR count). The van der Waals surface area contributed by atoms with Crippen LogP contribution in [0, 0.1) is 6.92 Å². The van der Waals surface area contributed by atoms with E-state index in [9.17, 15) is 36.1 Å². The van der Waals surface area contributed by atoms with Gasteiger partial charge in [0.05, 0.1) is 22.5 Å². The van der Waals surface area contributed by atoms with Crippen LogP contribution in [-0.4, -0.2) is 43.8 Å². The number of hydrogen-bond acceptors (Lipinski definition) is 3. The molecule has 0 aliphatic heterocycles. The van der Waals surface area contributed by atoms with Crippen molar-refractivity contribution in [2.24, 2.45) is 0 Å². The Balaban J connectivity index is 3.21. The van der Waals surface area contributed by atoms with Crippen LogP contribution in [0.1, 0.15) is 12.0 Å². The number of benzene rings is 1. The van der Waals surface area contributed by atoms with Crippen molar-refractivity contribution >= 4 is 16.8 Å². The Bertz CT molecular complexity index is 585. The number of aliphatic carboxylic acids is 1. The average Bonchev–Trinajstić information content (AvgIpc) is 2.42. The van der Waals surface area contributed by atoms with Crippen molar-refractivity contribution < 1.29 is 41.2 Å². The molecular formula is C13H13F5O4S. The van der Waals surface area contributed by atoms with E-state index in [4.69, 9.17) is 5.11 Å². The molecule has 1 unspecified atom stereocenters. The lowest BCUT2D eigenvalue weighted by molar-refractivity contribution is -0.312. The van der Waals surface area contributed by atoms with Crippen LogP contribution in [0.5, 0.6) is 0 Å². The third-order valence-corrected chi connectivity index (χ3v) is 4.72. The molecule has 0 aromatic heterocycles. The van der Waals surface area contributed by atoms with Crippen molar-refractivity contribution in [2.45, 2.75) is 41.7 Å². The Kier molecular flexibility index (Phi) is 5.86. The predicted molar refractivity (Wildman–Crippen MR) is 70.6 cm³/mol. The first-order chi connectivity index (χ1) is 10.4. The van der Waals surface area contributed by atoms with Gasteiger partial charge >= 0.3 is 18.1 Å². The predicted octanol–water partition coefficient (Wildman–Crippen LogP) is 2.50. The number of aryl methyl sites for hydroxylation is 1. The number of halogens is 5. The Morgan fingerprint density at radius 1 is 1.17 bits per heavy atom. The van der Waals surface area contributed by atoms with Gasteiger partial charge in [-0.1, -0.05) is 17.7 Å². The summed E-state index contributed by atoms with van der Waals surface area (Å²) in [6.45, 7) is 1.66. The zero-order chi connectivity index (χ0) is 18.0. The normalized spacial score (nSPS) is 16.7. The summed E-state index contributed by atoms with van der Waals surface area (Å²) >= 11 is 0. The van der Waals surface area contributed by atoms with Crippen LogP contribution in [0.25, 0.3) is 0 Å². The van der Waals surface area contributed by atoms with Gasteiger partial charge < -0.3 is 10.2 Å². The molecule has 0 saturated heterocycles. The van der Waals surface area contributed by atoms with Crippen molar-refractivity contribution in [3.63, 3.8) is 0 Å². The molecule has 0 aliphatic carbocycles. The number of hydrogen-bond donors (Lipinski definition) is 2. The monoisotopic (exact) mass is 360 g/mol. The van der Waals surface area contributed by atoms with Gasteiger partial charge in [-0.25, -0.2) is 0 Å². The molecule has 0 bridgehead atoms. The highest BCUT2D eigenvalue weighted by molar-refractivity contribution is 7.85. The molecule has 0 spiro atoms. The van der Waals surface area contributed by atoms with Gasteiger partial charge in [-0.3, -0.25) is 9.00 Å². The van der Waals surface area contributed by atoms with E-state index in [1.807, 2.05) is 0 Å². The van der Waals surface area contributed by atoms with Crippen molar-refractivity contribution in [1.82, 2.24) is 0 Å². The number of rotatable bonds is 6. The molecule has 0 saturated carbocycles. The minimum Gasteiger partial charge on any atom is -0.481 e. The molecule has 23 heavy (non-hydrogen) atoms. The fourth-order valence-electron chi connectivity index (χ4n) is 1.72. The molecule has 130 valence electrons. The van der Waals surface area contributed by atoms with Gasteiger partial charge in [0.2, 0.25) is 0 Å². The van der Waals surface area contributed by atoms with Crippen LogP contribution in [0.3, 0.4) is 0 Å². The Morgan fingerprint density at radius 2 is 1.65 bits per heavy atom. The number of alkyl halides is 5. The first-order valence-corrected chi connectivity index (χ1v) is 7.41. The maximum Gasteiger partial charge on any atom is 0.456 e. The van der Waals surface area contributed by atoms with E-state index < -0.39 is 46.6 Å². The van der Waals surface area contributed by atoms with Gasteiger partial charge in [-0.05, 0) is 19.1 Å². The summed E-state index contributed by atoms with van der Waals surface area (Å²) in [5.74, 6) is -7.35. The van der Waals surface area contributed by atoms with Gasteiger partial charge in [-0.2, -0.15) is 22.0 Å². The summed E-state index contributed by atoms with van der Waals surface area (Å²) in [5, 5.41) is 15.7. The van der Waals surface area contributed by atoms with Crippen LogP contribution >= 0.6 is 0 Å². The number of carbonyl (C=O) groups is 1. The maximum atomic E-state index is 13.3. The first-order valence-electron chi connectivity index (χ1n) is 6.19. The molecule has 0 amide bonds. The quantitative estimate of drug-likeness (QED) is 0.765. The summed E-state index contributed by atoms with van der Waals surface area (Å²) in [7, 11) is -2.57. The molecule has 1 aromatic carbocycles. The second kappa shape index (κ2) is 6.91. The van der Waals surface area contributed by atoms with E-state index in [-0.39, 0.29) is 4.90 Å². The third-order valence-electron chi connectivity index (χ3n) is 3.01. The van der Waals surface area contributed by atoms with E-state index in [1.165, 1.54) is 24.3 Å². The third kappa shape index (κ3) is 4.47. The van der Waals surface area contributed by atoms with Gasteiger partial charge in [0.25, 0.3) is 0 Å². The van der Waals surface area contributed by atoms with Crippen LogP contribution in [0.2, 0.25) is 0 Å². The maximum absolute atomic E-state index is 13.3. The Hall–Kier alpha value is -1.55. The molecule has 0 heterocycles. The van der Waals surface area contributed by atoms with E-state index >= 15 is 0 Å². The SMILES string of the molecule is Cc1ccc(S(=O)[C@H](CC(=O)O)[C@H](O)C(F)(F)C(F)(F)F)cc1. The van der Waals surface area contributed by atoms with E-state index in [0.29, 0.717) is 5.56 Å². The molecule has 10 heteroatoms. The highest BCUT2D eigenvalue weighted by Gasteiger charge is 2.64. The second-order valence-corrected chi connectivity index (χ2v) is 6.48. The number of carboxylic acids is 1. The lowest BCUT2D eigenvalue weighted by Gasteiger charge is -2.29. The number of aliphatic hydroxyl groups excluding tert-OH is 1. The Labute approximate surface area is 130 Å². The number of carboxylic acid groups (broad SMARTS) is 1. The first kappa shape index (κ1) is 19.5. The van der Waals surface area contributed by atoms with Crippen molar-refractivity contribution in [3.05, 3.63) is 29.8 Å². The smallest absolute Gasteiger partial charge is 0.456 e. The lowest BCUT2D eigenvalue weighted by Crippen LogP contribution is -2.53. The summed E-state index contributed by atoms with van der Waals surface area (Å²) in [4.78, 5) is 10.6. The zero-order valence-corrected chi connectivity index (χ0v) is 12.5. The fourth-order valence-corrected chi connectivity index (χ4v) is 3.18. The molecule has 4 nitrogen and oxygen atoms in total. The lowest BCUT2D eigenvalue weighted by atomic mass is 10.1. The molecular weight excluding hydrogens is 347 g/mol. The largest absolute Gasteiger partial charge is 0.481 e. The second-order valence-electron chi connectivity index (χ2n) is 4.81. The van der Waals surface area contributed by atoms with Crippen molar-refractivity contribution in [1.29, 1.82) is 0 Å². The molecule has 0 aliphatic rings. The molecule has 1 aromatic rings. The van der Waals surface area contributed by atoms with Crippen LogP contribution in [-0.2, 0) is 15.6 Å². The summed E-state index contributed by atoms with van der Waals surface area (Å²) < 4.78 is 75.8. The zero-order valence-electron chi connectivity index (χ0n) is 11.7. The molecule has 2 N–H and O–H groups in total. The Morgan fingerprint density at radius 3 is 2.04 bits per heavy atom. The minimum absolute atomic E-state index is 0.154. The van der Waals surface area contributed by atoms with Gasteiger partial charge in [-0.15, -0.1) is 0 Å². The fraction of sp³-hybridized carbons (Fsp3) is 0.462. The molecule has 3 atom stereocenters. The molecule has 0 radical (unpaired) electrons. The van der Waals surface area contributed by atoms with Crippen molar-refractivity contribution in [2.75, 3.05) is 0 Å². The van der Waals surface area contributed by atoms with Gasteiger partial charge in [0.1, 0.15) is 6.10 Å². The summed E-state index contributed by atoms with van der Waals surface area (Å²) in [6.07, 6.45) is -10.9. The van der Waals surface area contributed by atoms with Crippen LogP contribution < -0.4 is 0 Å². The van der Waals surface area contributed by atoms with Crippen LogP contribution in [0.4, 0.5) is 22.0 Å². The minimum atomic E-state index is -6.10.